The number of piperidine rings is 1. The summed E-state index contributed by atoms with van der Waals surface area (Å²) in [4.78, 5) is 2.47. The van der Waals surface area contributed by atoms with Crippen LogP contribution in [-0.4, -0.2) is 48.0 Å². The minimum atomic E-state index is -1.17. The Morgan fingerprint density at radius 2 is 1.69 bits per heavy atom. The number of phenolic OH excluding ortho intramolecular Hbond substituents is 1. The SMILES string of the molecule is Oc1ccc2c(c1)OCC(c1ccccc1)C2(O)Cc1ccc(OCCN2CCCCC2)cc1.[Y]. The third kappa shape index (κ3) is 6.08. The van der Waals surface area contributed by atoms with Crippen LogP contribution in [-0.2, 0) is 44.7 Å². The van der Waals surface area contributed by atoms with E-state index in [0.717, 1.165) is 23.4 Å². The van der Waals surface area contributed by atoms with Gasteiger partial charge in [-0.1, -0.05) is 48.9 Å². The molecule has 2 heterocycles. The van der Waals surface area contributed by atoms with Gasteiger partial charge in [-0.3, -0.25) is 4.90 Å². The van der Waals surface area contributed by atoms with Crippen molar-refractivity contribution in [2.45, 2.75) is 37.2 Å². The zero-order valence-electron chi connectivity index (χ0n) is 20.1. The Balaban J connectivity index is 0.00000289. The molecule has 2 atom stereocenters. The first-order chi connectivity index (χ1) is 16.6. The van der Waals surface area contributed by atoms with Gasteiger partial charge in [0.2, 0.25) is 0 Å². The van der Waals surface area contributed by atoms with Gasteiger partial charge in [0, 0.05) is 57.3 Å². The molecular weight excluding hydrogens is 515 g/mol. The average molecular weight is 548 g/mol. The molecule has 6 heteroatoms. The Kier molecular flexibility index (Phi) is 8.88. The van der Waals surface area contributed by atoms with Gasteiger partial charge in [0.1, 0.15) is 29.5 Å². The molecule has 2 aliphatic rings. The molecule has 2 aliphatic heterocycles. The second-order valence-electron chi connectivity index (χ2n) is 9.45. The molecule has 0 spiro atoms. The van der Waals surface area contributed by atoms with Crippen LogP contribution in [0, 0.1) is 0 Å². The van der Waals surface area contributed by atoms with Crippen LogP contribution >= 0.6 is 0 Å². The molecule has 2 unspecified atom stereocenters. The fourth-order valence-electron chi connectivity index (χ4n) is 5.25. The molecule has 3 aromatic rings. The Morgan fingerprint density at radius 3 is 2.43 bits per heavy atom. The summed E-state index contributed by atoms with van der Waals surface area (Å²) in [6.07, 6.45) is 4.35. The molecule has 35 heavy (non-hydrogen) atoms. The fraction of sp³-hybridized carbons (Fsp3) is 0.379. The van der Waals surface area contributed by atoms with E-state index in [9.17, 15) is 10.2 Å². The predicted molar refractivity (Wildman–Crippen MR) is 133 cm³/mol. The number of likely N-dealkylation sites (tertiary alicyclic amines) is 1. The molecule has 0 aliphatic carbocycles. The summed E-state index contributed by atoms with van der Waals surface area (Å²) in [6, 6.07) is 23.0. The first kappa shape index (κ1) is 26.2. The fourth-order valence-corrected chi connectivity index (χ4v) is 5.25. The number of hydrogen-bond acceptors (Lipinski definition) is 5. The van der Waals surface area contributed by atoms with Gasteiger partial charge in [0.25, 0.3) is 0 Å². The summed E-state index contributed by atoms with van der Waals surface area (Å²) in [6.45, 7) is 4.34. The zero-order chi connectivity index (χ0) is 23.4. The number of fused-ring (bicyclic) bond motifs is 1. The molecule has 0 amide bonds. The maximum Gasteiger partial charge on any atom is 0.129 e. The number of nitrogens with zero attached hydrogens (tertiary/aromatic N) is 1. The predicted octanol–water partition coefficient (Wildman–Crippen LogP) is 4.86. The Hall–Kier alpha value is -1.92. The minimum absolute atomic E-state index is 0. The largest absolute Gasteiger partial charge is 0.508 e. The van der Waals surface area contributed by atoms with Crippen molar-refractivity contribution in [1.29, 1.82) is 0 Å². The van der Waals surface area contributed by atoms with E-state index in [1.54, 1.807) is 18.2 Å². The van der Waals surface area contributed by atoms with Crippen molar-refractivity contribution < 1.29 is 52.4 Å². The Morgan fingerprint density at radius 1 is 0.943 bits per heavy atom. The molecule has 0 bridgehead atoms. The van der Waals surface area contributed by atoms with Crippen molar-refractivity contribution in [3.8, 4) is 17.2 Å². The third-order valence-electron chi connectivity index (χ3n) is 7.14. The second-order valence-corrected chi connectivity index (χ2v) is 9.45. The van der Waals surface area contributed by atoms with Gasteiger partial charge in [0.05, 0.1) is 12.5 Å². The molecule has 1 fully saturated rings. The Bertz CT molecular complexity index is 1090. The molecule has 3 aromatic carbocycles. The maximum atomic E-state index is 12.1. The number of benzene rings is 3. The quantitative estimate of drug-likeness (QED) is 0.442. The normalized spacial score (nSPS) is 21.9. The van der Waals surface area contributed by atoms with Gasteiger partial charge in [-0.15, -0.1) is 0 Å². The number of hydrogen-bond donors (Lipinski definition) is 2. The first-order valence-corrected chi connectivity index (χ1v) is 12.3. The number of ether oxygens (including phenoxy) is 2. The van der Waals surface area contributed by atoms with Gasteiger partial charge in [-0.2, -0.15) is 0 Å². The van der Waals surface area contributed by atoms with E-state index in [1.165, 1.54) is 32.4 Å². The molecule has 1 radical (unpaired) electrons. The molecule has 5 rings (SSSR count). The van der Waals surface area contributed by atoms with E-state index in [1.807, 2.05) is 54.6 Å². The standard InChI is InChI=1S/C29H33NO4.Y/c31-24-11-14-26-28(19-24)34-21-27(23-7-3-1-4-8-23)29(26,32)20-22-9-12-25(13-10-22)33-18-17-30-15-5-2-6-16-30;/h1,3-4,7-14,19,27,31-32H,2,5-6,15-18,20-21H2;. The first-order valence-electron chi connectivity index (χ1n) is 12.3. The Labute approximate surface area is 233 Å². The van der Waals surface area contributed by atoms with E-state index in [2.05, 4.69) is 4.90 Å². The van der Waals surface area contributed by atoms with Crippen molar-refractivity contribution in [3.63, 3.8) is 0 Å². The summed E-state index contributed by atoms with van der Waals surface area (Å²) in [7, 11) is 0. The number of aliphatic hydroxyl groups is 1. The van der Waals surface area contributed by atoms with Crippen LogP contribution in [0.25, 0.3) is 0 Å². The van der Waals surface area contributed by atoms with Gasteiger partial charge < -0.3 is 19.7 Å². The van der Waals surface area contributed by atoms with Crippen LogP contribution < -0.4 is 9.47 Å². The number of phenols is 1. The van der Waals surface area contributed by atoms with Gasteiger partial charge >= 0.3 is 0 Å². The number of rotatable bonds is 7. The van der Waals surface area contributed by atoms with Gasteiger partial charge in [-0.25, -0.2) is 0 Å². The molecule has 181 valence electrons. The summed E-state index contributed by atoms with van der Waals surface area (Å²) >= 11 is 0. The zero-order valence-corrected chi connectivity index (χ0v) is 22.9. The monoisotopic (exact) mass is 548 g/mol. The topological polar surface area (TPSA) is 62.2 Å². The smallest absolute Gasteiger partial charge is 0.129 e. The minimum Gasteiger partial charge on any atom is -0.508 e. The van der Waals surface area contributed by atoms with Crippen molar-refractivity contribution in [1.82, 2.24) is 4.90 Å². The van der Waals surface area contributed by atoms with Crippen LogP contribution in [0.2, 0.25) is 0 Å². The number of aromatic hydroxyl groups is 1. The third-order valence-corrected chi connectivity index (χ3v) is 7.14. The van der Waals surface area contributed by atoms with Crippen molar-refractivity contribution in [3.05, 3.63) is 89.5 Å². The van der Waals surface area contributed by atoms with Crippen molar-refractivity contribution >= 4 is 0 Å². The summed E-state index contributed by atoms with van der Waals surface area (Å²) < 4.78 is 12.0. The molecule has 1 saturated heterocycles. The van der Waals surface area contributed by atoms with Crippen molar-refractivity contribution in [2.75, 3.05) is 32.8 Å². The van der Waals surface area contributed by atoms with E-state index >= 15 is 0 Å². The molecule has 0 aromatic heterocycles. The average Bonchev–Trinajstić information content (AvgIpc) is 2.86. The molecule has 5 nitrogen and oxygen atoms in total. The van der Waals surface area contributed by atoms with Crippen LogP contribution in [0.1, 0.15) is 41.9 Å². The van der Waals surface area contributed by atoms with Gasteiger partial charge in [0.15, 0.2) is 0 Å². The van der Waals surface area contributed by atoms with Crippen LogP contribution in [0.5, 0.6) is 17.2 Å². The molecule has 2 N–H and O–H groups in total. The second kappa shape index (κ2) is 11.9. The van der Waals surface area contributed by atoms with Crippen LogP contribution in [0.4, 0.5) is 0 Å². The maximum absolute atomic E-state index is 12.1. The van der Waals surface area contributed by atoms with E-state index < -0.39 is 5.60 Å². The summed E-state index contributed by atoms with van der Waals surface area (Å²) in [5.74, 6) is 1.29. The van der Waals surface area contributed by atoms with E-state index in [-0.39, 0.29) is 44.4 Å². The van der Waals surface area contributed by atoms with E-state index in [0.29, 0.717) is 30.9 Å². The molecular formula is C29H33NO4Y. The summed E-state index contributed by atoms with van der Waals surface area (Å²) in [5.41, 5.74) is 1.58. The van der Waals surface area contributed by atoms with Crippen LogP contribution in [0.15, 0.2) is 72.8 Å². The summed E-state index contributed by atoms with van der Waals surface area (Å²) in [5, 5.41) is 22.1. The molecule has 0 saturated carbocycles. The van der Waals surface area contributed by atoms with Gasteiger partial charge in [-0.05, 0) is 61.3 Å². The van der Waals surface area contributed by atoms with E-state index in [4.69, 9.17) is 9.47 Å². The van der Waals surface area contributed by atoms with Crippen LogP contribution in [0.3, 0.4) is 0 Å². The van der Waals surface area contributed by atoms with Crippen molar-refractivity contribution in [2.24, 2.45) is 0 Å².